The van der Waals surface area contributed by atoms with Crippen molar-refractivity contribution in [3.8, 4) is 0 Å². The van der Waals surface area contributed by atoms with Gasteiger partial charge < -0.3 is 9.80 Å². The number of rotatable bonds is 4. The molecule has 0 aromatic heterocycles. The van der Waals surface area contributed by atoms with Crippen LogP contribution in [0.2, 0.25) is 10.0 Å². The molecule has 1 fully saturated rings. The number of nitrogens with zero attached hydrogens (tertiary/aromatic N) is 2. The van der Waals surface area contributed by atoms with Crippen LogP contribution in [-0.2, 0) is 11.2 Å². The van der Waals surface area contributed by atoms with Crippen molar-refractivity contribution >= 4 is 35.0 Å². The van der Waals surface area contributed by atoms with E-state index < -0.39 is 0 Å². The number of carbonyl (C=O) groups is 2. The number of halogens is 3. The predicted molar refractivity (Wildman–Crippen MR) is 104 cm³/mol. The van der Waals surface area contributed by atoms with Crippen molar-refractivity contribution in [1.82, 2.24) is 9.80 Å². The molecular formula is C20H19Cl2FN2O2. The Balaban J connectivity index is 1.52. The number of hydrogen-bond donors (Lipinski definition) is 0. The van der Waals surface area contributed by atoms with Gasteiger partial charge in [0.2, 0.25) is 5.91 Å². The largest absolute Gasteiger partial charge is 0.339 e. The predicted octanol–water partition coefficient (Wildman–Crippen LogP) is 4.05. The minimum Gasteiger partial charge on any atom is -0.339 e. The summed E-state index contributed by atoms with van der Waals surface area (Å²) in [6.45, 7) is 1.85. The molecule has 0 atom stereocenters. The lowest BCUT2D eigenvalue weighted by molar-refractivity contribution is -0.132. The van der Waals surface area contributed by atoms with E-state index in [1.54, 1.807) is 40.1 Å². The molecule has 0 saturated carbocycles. The van der Waals surface area contributed by atoms with Crippen molar-refractivity contribution in [3.05, 3.63) is 69.5 Å². The summed E-state index contributed by atoms with van der Waals surface area (Å²) in [5.74, 6) is -0.432. The standard InChI is InChI=1S/C20H19Cl2FN2O2/c21-17-3-1-2-16(19(17)22)20(27)25-12-10-24(11-13-25)18(26)9-6-14-4-7-15(23)8-5-14/h1-5,7-8H,6,9-13H2. The first-order valence-electron chi connectivity index (χ1n) is 8.71. The Morgan fingerprint density at radius 1 is 0.926 bits per heavy atom. The molecule has 0 N–H and O–H groups in total. The fourth-order valence-electron chi connectivity index (χ4n) is 3.06. The first kappa shape index (κ1) is 19.6. The molecule has 1 saturated heterocycles. The van der Waals surface area contributed by atoms with Gasteiger partial charge in [-0.05, 0) is 36.2 Å². The lowest BCUT2D eigenvalue weighted by Crippen LogP contribution is -2.50. The molecule has 2 amide bonds. The summed E-state index contributed by atoms with van der Waals surface area (Å²) in [7, 11) is 0. The van der Waals surface area contributed by atoms with Gasteiger partial charge in [0.15, 0.2) is 0 Å². The monoisotopic (exact) mass is 408 g/mol. The summed E-state index contributed by atoms with van der Waals surface area (Å²) >= 11 is 12.1. The first-order chi connectivity index (χ1) is 13.0. The molecule has 3 rings (SSSR count). The van der Waals surface area contributed by atoms with Gasteiger partial charge in [-0.3, -0.25) is 9.59 Å². The number of carbonyl (C=O) groups excluding carboxylic acids is 2. The van der Waals surface area contributed by atoms with E-state index in [2.05, 4.69) is 0 Å². The molecule has 7 heteroatoms. The van der Waals surface area contributed by atoms with Gasteiger partial charge in [-0.15, -0.1) is 0 Å². The summed E-state index contributed by atoms with van der Waals surface area (Å²) in [5, 5.41) is 0.596. The van der Waals surface area contributed by atoms with Crippen molar-refractivity contribution in [2.24, 2.45) is 0 Å². The van der Waals surface area contributed by atoms with Crippen LogP contribution in [-0.4, -0.2) is 47.8 Å². The number of hydrogen-bond acceptors (Lipinski definition) is 2. The smallest absolute Gasteiger partial charge is 0.255 e. The highest BCUT2D eigenvalue weighted by Gasteiger charge is 2.26. The van der Waals surface area contributed by atoms with E-state index in [0.717, 1.165) is 5.56 Å². The molecule has 0 unspecified atom stereocenters. The molecule has 1 aliphatic heterocycles. The Kier molecular flexibility index (Phi) is 6.34. The van der Waals surface area contributed by atoms with Crippen LogP contribution in [0.15, 0.2) is 42.5 Å². The molecular weight excluding hydrogens is 390 g/mol. The van der Waals surface area contributed by atoms with Gasteiger partial charge in [0.25, 0.3) is 5.91 Å². The van der Waals surface area contributed by atoms with Crippen LogP contribution in [0.3, 0.4) is 0 Å². The zero-order valence-electron chi connectivity index (χ0n) is 14.6. The van der Waals surface area contributed by atoms with Crippen molar-refractivity contribution in [2.75, 3.05) is 26.2 Å². The highest BCUT2D eigenvalue weighted by Crippen LogP contribution is 2.26. The average Bonchev–Trinajstić information content (AvgIpc) is 2.69. The second-order valence-electron chi connectivity index (χ2n) is 6.40. The Morgan fingerprint density at radius 3 is 2.22 bits per heavy atom. The molecule has 142 valence electrons. The van der Waals surface area contributed by atoms with Crippen molar-refractivity contribution in [1.29, 1.82) is 0 Å². The first-order valence-corrected chi connectivity index (χ1v) is 9.47. The fourth-order valence-corrected chi connectivity index (χ4v) is 3.44. The van der Waals surface area contributed by atoms with Crippen molar-refractivity contribution < 1.29 is 14.0 Å². The van der Waals surface area contributed by atoms with Crippen LogP contribution in [0.25, 0.3) is 0 Å². The molecule has 1 aliphatic rings. The molecule has 0 spiro atoms. The molecule has 27 heavy (non-hydrogen) atoms. The van der Waals surface area contributed by atoms with Gasteiger partial charge in [-0.2, -0.15) is 0 Å². The lowest BCUT2D eigenvalue weighted by Gasteiger charge is -2.35. The van der Waals surface area contributed by atoms with Crippen LogP contribution in [0.5, 0.6) is 0 Å². The highest BCUT2D eigenvalue weighted by atomic mass is 35.5. The SMILES string of the molecule is O=C(CCc1ccc(F)cc1)N1CCN(C(=O)c2cccc(Cl)c2Cl)CC1. The van der Waals surface area contributed by atoms with E-state index in [1.165, 1.54) is 12.1 Å². The number of amides is 2. The van der Waals surface area contributed by atoms with Gasteiger partial charge in [0.1, 0.15) is 5.82 Å². The number of benzene rings is 2. The highest BCUT2D eigenvalue weighted by molar-refractivity contribution is 6.43. The molecule has 2 aromatic rings. The van der Waals surface area contributed by atoms with Crippen LogP contribution in [0.4, 0.5) is 4.39 Å². The van der Waals surface area contributed by atoms with Gasteiger partial charge in [0.05, 0.1) is 15.6 Å². The molecule has 1 heterocycles. The van der Waals surface area contributed by atoms with E-state index in [0.29, 0.717) is 49.6 Å². The van der Waals surface area contributed by atoms with Gasteiger partial charge in [-0.1, -0.05) is 41.4 Å². The summed E-state index contributed by atoms with van der Waals surface area (Å²) in [6, 6.07) is 11.1. The molecule has 4 nitrogen and oxygen atoms in total. The van der Waals surface area contributed by atoms with E-state index in [4.69, 9.17) is 23.2 Å². The number of aryl methyl sites for hydroxylation is 1. The van der Waals surface area contributed by atoms with E-state index in [-0.39, 0.29) is 22.7 Å². The lowest BCUT2D eigenvalue weighted by atomic mass is 10.1. The Labute approximate surface area is 167 Å². The maximum atomic E-state index is 12.9. The topological polar surface area (TPSA) is 40.6 Å². The summed E-state index contributed by atoms with van der Waals surface area (Å²) in [6.07, 6.45) is 0.927. The zero-order valence-corrected chi connectivity index (χ0v) is 16.1. The molecule has 0 radical (unpaired) electrons. The van der Waals surface area contributed by atoms with E-state index in [9.17, 15) is 14.0 Å². The third kappa shape index (κ3) is 4.79. The minimum atomic E-state index is -0.286. The minimum absolute atomic E-state index is 0.0345. The van der Waals surface area contributed by atoms with Gasteiger partial charge >= 0.3 is 0 Å². The van der Waals surface area contributed by atoms with Gasteiger partial charge in [-0.25, -0.2) is 4.39 Å². The fraction of sp³-hybridized carbons (Fsp3) is 0.300. The van der Waals surface area contributed by atoms with Crippen LogP contribution >= 0.6 is 23.2 Å². The Morgan fingerprint density at radius 2 is 1.56 bits per heavy atom. The maximum Gasteiger partial charge on any atom is 0.255 e. The third-order valence-corrected chi connectivity index (χ3v) is 5.46. The summed E-state index contributed by atoms with van der Waals surface area (Å²) in [4.78, 5) is 28.5. The van der Waals surface area contributed by atoms with Gasteiger partial charge in [0, 0.05) is 32.6 Å². The van der Waals surface area contributed by atoms with Crippen LogP contribution in [0, 0.1) is 5.82 Å². The molecule has 0 bridgehead atoms. The maximum absolute atomic E-state index is 12.9. The quantitative estimate of drug-likeness (QED) is 0.765. The summed E-state index contributed by atoms with van der Waals surface area (Å²) < 4.78 is 12.9. The van der Waals surface area contributed by atoms with E-state index >= 15 is 0 Å². The average molecular weight is 409 g/mol. The third-order valence-electron chi connectivity index (χ3n) is 4.64. The van der Waals surface area contributed by atoms with Crippen molar-refractivity contribution in [3.63, 3.8) is 0 Å². The normalized spacial score (nSPS) is 14.3. The Bertz CT molecular complexity index is 834. The molecule has 2 aromatic carbocycles. The number of piperazine rings is 1. The van der Waals surface area contributed by atoms with E-state index in [1.807, 2.05) is 0 Å². The van der Waals surface area contributed by atoms with Crippen LogP contribution < -0.4 is 0 Å². The zero-order chi connectivity index (χ0) is 19.4. The molecule has 0 aliphatic carbocycles. The second kappa shape index (κ2) is 8.72. The second-order valence-corrected chi connectivity index (χ2v) is 7.19. The Hall–Kier alpha value is -2.11. The van der Waals surface area contributed by atoms with Crippen molar-refractivity contribution in [2.45, 2.75) is 12.8 Å². The van der Waals surface area contributed by atoms with Crippen LogP contribution in [0.1, 0.15) is 22.3 Å². The summed E-state index contributed by atoms with van der Waals surface area (Å²) in [5.41, 5.74) is 1.30.